The summed E-state index contributed by atoms with van der Waals surface area (Å²) in [6.07, 6.45) is 2.38. The van der Waals surface area contributed by atoms with E-state index in [1.54, 1.807) is 0 Å². The summed E-state index contributed by atoms with van der Waals surface area (Å²) in [7, 11) is 0. The average Bonchev–Trinajstić information content (AvgIpc) is 3.32. The second-order valence-corrected chi connectivity index (χ2v) is 9.20. The number of hydrogen-bond acceptors (Lipinski definition) is 5. The van der Waals surface area contributed by atoms with E-state index in [1.807, 2.05) is 19.1 Å². The zero-order valence-electron chi connectivity index (χ0n) is 19.1. The van der Waals surface area contributed by atoms with Crippen molar-refractivity contribution in [2.45, 2.75) is 39.3 Å². The number of thiocarbonyl (C=S) groups is 1. The van der Waals surface area contributed by atoms with Gasteiger partial charge in [-0.05, 0) is 56.1 Å². The SMILES string of the molecule is Cc1ccc(C)c2[nH]c(=O)c(CN(CCN3CCOCC3)C(=S)NC[C@H]3CCCO3)cc12. The number of ether oxygens (including phenoxy) is 2. The number of hydrogen-bond donors (Lipinski definition) is 2. The van der Waals surface area contributed by atoms with Crippen molar-refractivity contribution in [1.82, 2.24) is 20.1 Å². The van der Waals surface area contributed by atoms with Crippen LogP contribution in [-0.2, 0) is 16.0 Å². The number of morpholine rings is 1. The van der Waals surface area contributed by atoms with Crippen LogP contribution in [0.25, 0.3) is 10.9 Å². The van der Waals surface area contributed by atoms with Gasteiger partial charge in [0, 0.05) is 50.3 Å². The van der Waals surface area contributed by atoms with Gasteiger partial charge in [0.15, 0.2) is 5.11 Å². The Morgan fingerprint density at radius 2 is 2.03 bits per heavy atom. The predicted octanol–water partition coefficient (Wildman–Crippen LogP) is 2.33. The first-order valence-electron chi connectivity index (χ1n) is 11.6. The Morgan fingerprint density at radius 3 is 2.78 bits per heavy atom. The molecule has 32 heavy (non-hydrogen) atoms. The fourth-order valence-corrected chi connectivity index (χ4v) is 4.64. The maximum atomic E-state index is 12.9. The molecule has 2 aliphatic rings. The van der Waals surface area contributed by atoms with E-state index in [9.17, 15) is 4.79 Å². The van der Waals surface area contributed by atoms with Crippen LogP contribution in [0, 0.1) is 13.8 Å². The molecule has 2 aromatic rings. The Morgan fingerprint density at radius 1 is 1.25 bits per heavy atom. The van der Waals surface area contributed by atoms with Gasteiger partial charge in [0.2, 0.25) is 0 Å². The summed E-state index contributed by atoms with van der Waals surface area (Å²) >= 11 is 5.77. The van der Waals surface area contributed by atoms with E-state index < -0.39 is 0 Å². The number of H-pyrrole nitrogens is 1. The molecule has 174 valence electrons. The molecule has 0 saturated carbocycles. The average molecular weight is 459 g/mol. The van der Waals surface area contributed by atoms with Crippen LogP contribution in [0.5, 0.6) is 0 Å². The first kappa shape index (κ1) is 23.2. The summed E-state index contributed by atoms with van der Waals surface area (Å²) in [6, 6.07) is 6.18. The Hall–Kier alpha value is -2.00. The van der Waals surface area contributed by atoms with E-state index in [2.05, 4.69) is 33.1 Å². The topological polar surface area (TPSA) is 69.8 Å². The van der Waals surface area contributed by atoms with E-state index >= 15 is 0 Å². The van der Waals surface area contributed by atoms with Gasteiger partial charge in [0.1, 0.15) is 0 Å². The number of nitrogens with zero attached hydrogens (tertiary/aromatic N) is 2. The zero-order chi connectivity index (χ0) is 22.5. The van der Waals surface area contributed by atoms with Crippen LogP contribution in [0.4, 0.5) is 0 Å². The van der Waals surface area contributed by atoms with Crippen molar-refractivity contribution in [1.29, 1.82) is 0 Å². The monoisotopic (exact) mass is 458 g/mol. The van der Waals surface area contributed by atoms with Crippen LogP contribution in [0.15, 0.2) is 23.0 Å². The molecule has 4 rings (SSSR count). The van der Waals surface area contributed by atoms with Gasteiger partial charge in [-0.25, -0.2) is 0 Å². The Balaban J connectivity index is 1.51. The number of aromatic amines is 1. The van der Waals surface area contributed by atoms with Gasteiger partial charge < -0.3 is 24.7 Å². The smallest absolute Gasteiger partial charge is 0.253 e. The quantitative estimate of drug-likeness (QED) is 0.617. The molecule has 0 radical (unpaired) electrons. The third-order valence-electron chi connectivity index (χ3n) is 6.46. The van der Waals surface area contributed by atoms with Crippen LogP contribution in [0.3, 0.4) is 0 Å². The van der Waals surface area contributed by atoms with Gasteiger partial charge in [-0.2, -0.15) is 0 Å². The fourth-order valence-electron chi connectivity index (χ4n) is 4.40. The summed E-state index contributed by atoms with van der Waals surface area (Å²) in [5.41, 5.74) is 3.82. The molecule has 0 amide bonds. The minimum absolute atomic E-state index is 0.0514. The second kappa shape index (κ2) is 10.7. The molecule has 0 bridgehead atoms. The normalized spacial score (nSPS) is 19.4. The molecule has 0 unspecified atom stereocenters. The van der Waals surface area contributed by atoms with E-state index in [0.717, 1.165) is 86.4 Å². The number of pyridine rings is 1. The first-order chi connectivity index (χ1) is 15.5. The Bertz CT molecular complexity index is 997. The van der Waals surface area contributed by atoms with Crippen molar-refractivity contribution in [2.24, 2.45) is 0 Å². The molecule has 0 aliphatic carbocycles. The highest BCUT2D eigenvalue weighted by Crippen LogP contribution is 2.20. The molecule has 1 aromatic carbocycles. The van der Waals surface area contributed by atoms with E-state index in [1.165, 1.54) is 0 Å². The van der Waals surface area contributed by atoms with Gasteiger partial charge in [0.05, 0.1) is 31.4 Å². The van der Waals surface area contributed by atoms with Gasteiger partial charge in [0.25, 0.3) is 5.56 Å². The third-order valence-corrected chi connectivity index (χ3v) is 6.87. The molecule has 2 fully saturated rings. The van der Waals surface area contributed by atoms with Crippen LogP contribution in [-0.4, -0.2) is 78.5 Å². The molecule has 1 aromatic heterocycles. The molecular weight excluding hydrogens is 424 g/mol. The molecule has 8 heteroatoms. The van der Waals surface area contributed by atoms with Crippen molar-refractivity contribution in [3.63, 3.8) is 0 Å². The molecule has 2 saturated heterocycles. The van der Waals surface area contributed by atoms with E-state index in [0.29, 0.717) is 18.2 Å². The lowest BCUT2D eigenvalue weighted by atomic mass is 10.0. The number of fused-ring (bicyclic) bond motifs is 1. The second-order valence-electron chi connectivity index (χ2n) is 8.81. The highest BCUT2D eigenvalue weighted by atomic mass is 32.1. The molecule has 2 N–H and O–H groups in total. The van der Waals surface area contributed by atoms with Crippen molar-refractivity contribution >= 4 is 28.2 Å². The number of aromatic nitrogens is 1. The molecule has 0 spiro atoms. The number of aryl methyl sites for hydroxylation is 2. The predicted molar refractivity (Wildman–Crippen MR) is 131 cm³/mol. The van der Waals surface area contributed by atoms with E-state index in [-0.39, 0.29) is 11.7 Å². The lowest BCUT2D eigenvalue weighted by Crippen LogP contribution is -2.47. The highest BCUT2D eigenvalue weighted by molar-refractivity contribution is 7.80. The lowest BCUT2D eigenvalue weighted by Gasteiger charge is -2.31. The largest absolute Gasteiger partial charge is 0.379 e. The minimum Gasteiger partial charge on any atom is -0.379 e. The number of rotatable bonds is 7. The third kappa shape index (κ3) is 5.67. The maximum Gasteiger partial charge on any atom is 0.253 e. The zero-order valence-corrected chi connectivity index (χ0v) is 19.9. The molecule has 1 atom stereocenters. The molecular formula is C24H34N4O3S. The van der Waals surface area contributed by atoms with E-state index in [4.69, 9.17) is 21.7 Å². The summed E-state index contributed by atoms with van der Waals surface area (Å²) in [6.45, 7) is 11.1. The van der Waals surface area contributed by atoms with Crippen LogP contribution < -0.4 is 10.9 Å². The van der Waals surface area contributed by atoms with Gasteiger partial charge in [-0.1, -0.05) is 12.1 Å². The Labute approximate surface area is 195 Å². The minimum atomic E-state index is -0.0514. The summed E-state index contributed by atoms with van der Waals surface area (Å²) in [5, 5.41) is 5.15. The molecule has 3 heterocycles. The fraction of sp³-hybridized carbons (Fsp3) is 0.583. The summed E-state index contributed by atoms with van der Waals surface area (Å²) in [4.78, 5) is 20.5. The maximum absolute atomic E-state index is 12.9. The summed E-state index contributed by atoms with van der Waals surface area (Å²) in [5.74, 6) is 0. The van der Waals surface area contributed by atoms with Crippen molar-refractivity contribution < 1.29 is 9.47 Å². The van der Waals surface area contributed by atoms with Gasteiger partial charge in [-0.15, -0.1) is 0 Å². The molecule has 2 aliphatic heterocycles. The van der Waals surface area contributed by atoms with Crippen LogP contribution >= 0.6 is 12.2 Å². The van der Waals surface area contributed by atoms with Crippen molar-refractivity contribution in [3.8, 4) is 0 Å². The van der Waals surface area contributed by atoms with Crippen molar-refractivity contribution in [2.75, 3.05) is 52.5 Å². The van der Waals surface area contributed by atoms with Gasteiger partial charge in [-0.3, -0.25) is 9.69 Å². The Kier molecular flexibility index (Phi) is 7.78. The standard InChI is InChI=1S/C24H34N4O3S/c1-17-5-6-18(2)22-21(17)14-19(23(29)26-22)16-28(8-7-27-9-12-30-13-10-27)24(32)25-15-20-4-3-11-31-20/h5-6,14,20H,3-4,7-13,15-16H2,1-2H3,(H,25,32)(H,26,29)/t20-/m1/s1. The highest BCUT2D eigenvalue weighted by Gasteiger charge is 2.20. The number of nitrogens with one attached hydrogen (secondary N) is 2. The molecule has 7 nitrogen and oxygen atoms in total. The van der Waals surface area contributed by atoms with Crippen LogP contribution in [0.2, 0.25) is 0 Å². The van der Waals surface area contributed by atoms with Crippen LogP contribution in [0.1, 0.15) is 29.5 Å². The first-order valence-corrected chi connectivity index (χ1v) is 12.0. The summed E-state index contributed by atoms with van der Waals surface area (Å²) < 4.78 is 11.2. The van der Waals surface area contributed by atoms with Gasteiger partial charge >= 0.3 is 0 Å². The van der Waals surface area contributed by atoms with Crippen molar-refractivity contribution in [3.05, 3.63) is 45.2 Å². The number of benzene rings is 1. The lowest BCUT2D eigenvalue weighted by molar-refractivity contribution is 0.0356.